The molecule has 1 amide bonds. The lowest BCUT2D eigenvalue weighted by Crippen LogP contribution is -2.29. The van der Waals surface area contributed by atoms with Crippen LogP contribution in [0.5, 0.6) is 0 Å². The number of carbonyl (C=O) groups is 1. The summed E-state index contributed by atoms with van der Waals surface area (Å²) in [4.78, 5) is 31.9. The largest absolute Gasteiger partial charge is 0.343 e. The highest BCUT2D eigenvalue weighted by molar-refractivity contribution is 5.95. The maximum absolute atomic E-state index is 12.4. The van der Waals surface area contributed by atoms with Gasteiger partial charge in [0.25, 0.3) is 5.91 Å². The monoisotopic (exact) mass is 276 g/mol. The molecule has 106 valence electrons. The van der Waals surface area contributed by atoms with Gasteiger partial charge in [-0.15, -0.1) is 0 Å². The molecule has 7 nitrogen and oxygen atoms in total. The van der Waals surface area contributed by atoms with Crippen molar-refractivity contribution >= 4 is 5.91 Å². The minimum Gasteiger partial charge on any atom is -0.343 e. The van der Waals surface area contributed by atoms with E-state index in [1.165, 1.54) is 17.4 Å². The Hall–Kier alpha value is -2.44. The molecule has 0 aliphatic rings. The van der Waals surface area contributed by atoms with Crippen LogP contribution in [0, 0.1) is 0 Å². The normalized spacial score (nSPS) is 10.8. The summed E-state index contributed by atoms with van der Waals surface area (Å²) < 4.78 is 4.63. The number of carbonyl (C=O) groups excluding carboxylic acids is 1. The van der Waals surface area contributed by atoms with Crippen molar-refractivity contribution in [3.63, 3.8) is 0 Å². The second-order valence-electron chi connectivity index (χ2n) is 4.81. The zero-order chi connectivity index (χ0) is 14.7. The highest BCUT2D eigenvalue weighted by Gasteiger charge is 2.19. The maximum atomic E-state index is 12.4. The fraction of sp³-hybridized carbons (Fsp3) is 0.385. The molecule has 1 N–H and O–H groups in total. The first-order chi connectivity index (χ1) is 9.49. The van der Waals surface area contributed by atoms with E-state index in [0.717, 1.165) is 0 Å². The van der Waals surface area contributed by atoms with Crippen molar-refractivity contribution in [1.82, 2.24) is 20.0 Å². The molecule has 0 unspecified atom stereocenters. The van der Waals surface area contributed by atoms with Crippen LogP contribution in [0.3, 0.4) is 0 Å². The van der Waals surface area contributed by atoms with Crippen molar-refractivity contribution in [3.05, 3.63) is 46.0 Å². The van der Waals surface area contributed by atoms with Crippen LogP contribution in [0.25, 0.3) is 0 Å². The van der Waals surface area contributed by atoms with Crippen LogP contribution < -0.4 is 5.56 Å². The third-order valence-electron chi connectivity index (χ3n) is 2.89. The molecular weight excluding hydrogens is 260 g/mol. The second kappa shape index (κ2) is 5.68. The van der Waals surface area contributed by atoms with Crippen molar-refractivity contribution in [2.24, 2.45) is 0 Å². The molecule has 0 fully saturated rings. The van der Waals surface area contributed by atoms with Gasteiger partial charge in [-0.2, -0.15) is 4.98 Å². The molecule has 2 heterocycles. The summed E-state index contributed by atoms with van der Waals surface area (Å²) in [5.41, 5.74) is 0.888. The van der Waals surface area contributed by atoms with E-state index in [1.54, 1.807) is 13.1 Å². The van der Waals surface area contributed by atoms with Crippen LogP contribution in [0.2, 0.25) is 0 Å². The van der Waals surface area contributed by atoms with E-state index >= 15 is 0 Å². The van der Waals surface area contributed by atoms with Crippen molar-refractivity contribution in [2.45, 2.75) is 26.3 Å². The van der Waals surface area contributed by atoms with Crippen LogP contribution in [-0.4, -0.2) is 33.0 Å². The molecule has 0 bridgehead atoms. The first-order valence-corrected chi connectivity index (χ1v) is 6.23. The third-order valence-corrected chi connectivity index (χ3v) is 2.89. The van der Waals surface area contributed by atoms with E-state index < -0.39 is 0 Å². The number of aromatic amines is 1. The Morgan fingerprint density at radius 3 is 2.80 bits per heavy atom. The van der Waals surface area contributed by atoms with Gasteiger partial charge in [-0.1, -0.05) is 19.0 Å². The molecule has 2 rings (SSSR count). The number of nitrogens with one attached hydrogen (secondary N) is 1. The van der Waals surface area contributed by atoms with Gasteiger partial charge in [0, 0.05) is 18.8 Å². The summed E-state index contributed by atoms with van der Waals surface area (Å²) in [6, 6.07) is 2.89. The molecule has 0 spiro atoms. The van der Waals surface area contributed by atoms with Gasteiger partial charge in [0.1, 0.15) is 0 Å². The zero-order valence-corrected chi connectivity index (χ0v) is 11.6. The second-order valence-corrected chi connectivity index (χ2v) is 4.81. The van der Waals surface area contributed by atoms with Gasteiger partial charge in [0.05, 0.1) is 12.1 Å². The fourth-order valence-electron chi connectivity index (χ4n) is 1.88. The molecule has 7 heteroatoms. The highest BCUT2D eigenvalue weighted by atomic mass is 16.5. The number of amides is 1. The van der Waals surface area contributed by atoms with E-state index in [9.17, 15) is 9.59 Å². The van der Waals surface area contributed by atoms with Crippen molar-refractivity contribution in [1.29, 1.82) is 0 Å². The number of hydrogen-bond acceptors (Lipinski definition) is 5. The number of H-pyrrole nitrogens is 1. The Morgan fingerprint density at radius 1 is 1.45 bits per heavy atom. The van der Waals surface area contributed by atoms with Gasteiger partial charge in [0.15, 0.2) is 5.82 Å². The van der Waals surface area contributed by atoms with E-state index in [2.05, 4.69) is 19.6 Å². The number of pyridine rings is 1. The average molecular weight is 276 g/mol. The molecule has 0 aliphatic heterocycles. The molecular formula is C13H16N4O3. The molecule has 0 radical (unpaired) electrons. The van der Waals surface area contributed by atoms with Crippen molar-refractivity contribution in [3.8, 4) is 0 Å². The van der Waals surface area contributed by atoms with Crippen LogP contribution in [0.4, 0.5) is 0 Å². The summed E-state index contributed by atoms with van der Waals surface area (Å²) in [6.07, 6.45) is 1.22. The van der Waals surface area contributed by atoms with Crippen LogP contribution >= 0.6 is 0 Å². The van der Waals surface area contributed by atoms with Crippen molar-refractivity contribution in [2.75, 3.05) is 7.05 Å². The molecule has 0 aliphatic carbocycles. The van der Waals surface area contributed by atoms with Gasteiger partial charge in [-0.3, -0.25) is 9.59 Å². The smallest absolute Gasteiger partial charge is 0.255 e. The first-order valence-electron chi connectivity index (χ1n) is 6.23. The topological polar surface area (TPSA) is 92.1 Å². The SMILES string of the molecule is CC(C)c1[nH]c(=O)ccc1C(=O)N(C)Cc1ncon1. The highest BCUT2D eigenvalue weighted by Crippen LogP contribution is 2.17. The lowest BCUT2D eigenvalue weighted by atomic mass is 10.0. The van der Waals surface area contributed by atoms with Gasteiger partial charge in [0.2, 0.25) is 12.0 Å². The predicted molar refractivity (Wildman–Crippen MR) is 71.2 cm³/mol. The molecule has 2 aromatic heterocycles. The lowest BCUT2D eigenvalue weighted by Gasteiger charge is -2.18. The fourth-order valence-corrected chi connectivity index (χ4v) is 1.88. The number of nitrogens with zero attached hydrogens (tertiary/aromatic N) is 3. The summed E-state index contributed by atoms with van der Waals surface area (Å²) in [7, 11) is 1.65. The first kappa shape index (κ1) is 14.0. The van der Waals surface area contributed by atoms with Crippen LogP contribution in [0.15, 0.2) is 27.8 Å². The van der Waals surface area contributed by atoms with Gasteiger partial charge in [-0.25, -0.2) is 0 Å². The van der Waals surface area contributed by atoms with Gasteiger partial charge < -0.3 is 14.4 Å². The standard InChI is InChI=1S/C13H16N4O3/c1-8(2)12-9(4-5-11(18)15-12)13(19)17(3)6-10-14-7-20-16-10/h4-5,7-8H,6H2,1-3H3,(H,15,18). The Bertz CT molecular complexity index is 646. The molecule has 2 aromatic rings. The predicted octanol–water partition coefficient (Wildman–Crippen LogP) is 1.15. The van der Waals surface area contributed by atoms with E-state index in [4.69, 9.17) is 0 Å². The average Bonchev–Trinajstić information content (AvgIpc) is 2.90. The quantitative estimate of drug-likeness (QED) is 0.904. The summed E-state index contributed by atoms with van der Waals surface area (Å²) in [5.74, 6) is 0.271. The van der Waals surface area contributed by atoms with Gasteiger partial charge in [-0.05, 0) is 12.0 Å². The van der Waals surface area contributed by atoms with Gasteiger partial charge >= 0.3 is 0 Å². The minimum atomic E-state index is -0.217. The molecule has 0 saturated heterocycles. The number of hydrogen-bond donors (Lipinski definition) is 1. The number of rotatable bonds is 4. The van der Waals surface area contributed by atoms with Crippen LogP contribution in [-0.2, 0) is 6.54 Å². The van der Waals surface area contributed by atoms with Crippen LogP contribution in [0.1, 0.15) is 41.6 Å². The summed E-state index contributed by atoms with van der Waals surface area (Å²) in [5, 5.41) is 3.67. The Labute approximate surface area is 115 Å². The van der Waals surface area contributed by atoms with E-state index in [-0.39, 0.29) is 23.9 Å². The Morgan fingerprint density at radius 2 is 2.20 bits per heavy atom. The summed E-state index contributed by atoms with van der Waals surface area (Å²) in [6.45, 7) is 4.08. The molecule has 0 atom stereocenters. The summed E-state index contributed by atoms with van der Waals surface area (Å²) >= 11 is 0. The lowest BCUT2D eigenvalue weighted by molar-refractivity contribution is 0.0778. The Kier molecular flexibility index (Phi) is 3.97. The number of aromatic nitrogens is 3. The minimum absolute atomic E-state index is 0.0430. The van der Waals surface area contributed by atoms with E-state index in [1.807, 2.05) is 13.8 Å². The molecule has 0 aromatic carbocycles. The molecule has 0 saturated carbocycles. The third kappa shape index (κ3) is 2.93. The zero-order valence-electron chi connectivity index (χ0n) is 11.6. The van der Waals surface area contributed by atoms with E-state index in [0.29, 0.717) is 17.1 Å². The maximum Gasteiger partial charge on any atom is 0.255 e. The van der Waals surface area contributed by atoms with Crippen molar-refractivity contribution < 1.29 is 9.32 Å². The molecule has 20 heavy (non-hydrogen) atoms. The Balaban J connectivity index is 2.26.